The zero-order chi connectivity index (χ0) is 37.5. The van der Waals surface area contributed by atoms with Gasteiger partial charge in [0.2, 0.25) is 5.89 Å². The van der Waals surface area contributed by atoms with Crippen molar-refractivity contribution in [3.05, 3.63) is 170 Å². The van der Waals surface area contributed by atoms with Crippen LogP contribution in [-0.4, -0.2) is 19.9 Å². The Morgan fingerprint density at radius 3 is 1.77 bits per heavy atom. The van der Waals surface area contributed by atoms with E-state index in [-0.39, 0.29) is 0 Å². The van der Waals surface area contributed by atoms with Crippen LogP contribution >= 0.6 is 0 Å². The third-order valence-electron chi connectivity index (χ3n) is 10.8. The van der Waals surface area contributed by atoms with Gasteiger partial charge >= 0.3 is 0 Å². The van der Waals surface area contributed by atoms with Gasteiger partial charge in [0.1, 0.15) is 27.8 Å². The Morgan fingerprint density at radius 2 is 0.930 bits per heavy atom. The van der Waals surface area contributed by atoms with E-state index in [1.54, 1.807) is 0 Å². The Kier molecular flexibility index (Phi) is 6.79. The molecule has 0 N–H and O–H groups in total. The van der Waals surface area contributed by atoms with Gasteiger partial charge in [-0.25, -0.2) is 19.9 Å². The molecule has 8 aromatic carbocycles. The molecule has 0 fully saturated rings. The molecule has 12 aromatic rings. The molecule has 0 aliphatic rings. The summed E-state index contributed by atoms with van der Waals surface area (Å²) in [5.41, 5.74) is 10.3. The summed E-state index contributed by atoms with van der Waals surface area (Å²) >= 11 is 0. The summed E-state index contributed by atoms with van der Waals surface area (Å²) in [5, 5.41) is 5.85. The molecule has 0 spiro atoms. The molecule has 0 atom stereocenters. The molecule has 0 radical (unpaired) electrons. The zero-order valence-electron chi connectivity index (χ0n) is 30.2. The molecule has 4 aromatic heterocycles. The van der Waals surface area contributed by atoms with Crippen molar-refractivity contribution in [2.45, 2.75) is 0 Å². The van der Waals surface area contributed by atoms with E-state index in [1.165, 1.54) is 0 Å². The zero-order valence-corrected chi connectivity index (χ0v) is 30.2. The van der Waals surface area contributed by atoms with E-state index >= 15 is 0 Å². The summed E-state index contributed by atoms with van der Waals surface area (Å²) in [4.78, 5) is 20.4. The minimum absolute atomic E-state index is 0.551. The largest absolute Gasteiger partial charge is 0.456 e. The Hall–Kier alpha value is -7.90. The molecule has 4 heterocycles. The van der Waals surface area contributed by atoms with Crippen molar-refractivity contribution in [3.8, 4) is 56.7 Å². The standard InChI is InChI=1S/C50H28N4O3/c1-3-10-29(11-4-1)30-18-21-32(22-19-30)47-52-48(54-49(53-47)36-15-9-17-40-43(36)35-14-7-8-16-39(35)55-40)34-23-20-31-24-26-41-44(37(31)28-34)45-42(56-41)27-25-38-46(45)57-50(51-38)33-12-5-2-6-13-33/h1-28H. The topological polar surface area (TPSA) is 91.0 Å². The first-order valence-corrected chi connectivity index (χ1v) is 18.8. The molecule has 0 unspecified atom stereocenters. The number of hydrogen-bond acceptors (Lipinski definition) is 7. The molecule has 0 saturated carbocycles. The number of hydrogen-bond donors (Lipinski definition) is 0. The summed E-state index contributed by atoms with van der Waals surface area (Å²) in [5.74, 6) is 2.25. The molecule has 0 saturated heterocycles. The van der Waals surface area contributed by atoms with Crippen LogP contribution in [0.3, 0.4) is 0 Å². The van der Waals surface area contributed by atoms with Gasteiger partial charge in [0.25, 0.3) is 0 Å². The van der Waals surface area contributed by atoms with Crippen molar-refractivity contribution in [2.75, 3.05) is 0 Å². The van der Waals surface area contributed by atoms with Gasteiger partial charge in [0.05, 0.1) is 5.39 Å². The molecule has 12 rings (SSSR count). The number of nitrogens with zero attached hydrogens (tertiary/aromatic N) is 4. The molecule has 0 aliphatic carbocycles. The first-order chi connectivity index (χ1) is 28.2. The Bertz CT molecular complexity index is 3510. The van der Waals surface area contributed by atoms with E-state index in [0.29, 0.717) is 28.9 Å². The highest BCUT2D eigenvalue weighted by Crippen LogP contribution is 2.42. The molecule has 0 aliphatic heterocycles. The minimum atomic E-state index is 0.551. The lowest BCUT2D eigenvalue weighted by Crippen LogP contribution is -2.00. The summed E-state index contributed by atoms with van der Waals surface area (Å²) < 4.78 is 19.2. The van der Waals surface area contributed by atoms with Gasteiger partial charge in [0.15, 0.2) is 23.1 Å². The maximum Gasteiger partial charge on any atom is 0.227 e. The second-order valence-electron chi connectivity index (χ2n) is 14.2. The van der Waals surface area contributed by atoms with Gasteiger partial charge in [-0.1, -0.05) is 121 Å². The van der Waals surface area contributed by atoms with E-state index < -0.39 is 0 Å². The predicted octanol–water partition coefficient (Wildman–Crippen LogP) is 13.3. The fourth-order valence-electron chi connectivity index (χ4n) is 8.06. The van der Waals surface area contributed by atoms with Crippen molar-refractivity contribution in [2.24, 2.45) is 0 Å². The number of rotatable bonds is 5. The molecule has 0 bridgehead atoms. The second-order valence-corrected chi connectivity index (χ2v) is 14.2. The van der Waals surface area contributed by atoms with Crippen LogP contribution in [0.1, 0.15) is 0 Å². The highest BCUT2D eigenvalue weighted by molar-refractivity contribution is 6.25. The van der Waals surface area contributed by atoms with Crippen LogP contribution in [-0.2, 0) is 0 Å². The second kappa shape index (κ2) is 12.3. The Balaban J connectivity index is 1.08. The smallest absolute Gasteiger partial charge is 0.227 e. The van der Waals surface area contributed by atoms with Crippen LogP contribution in [0, 0.1) is 0 Å². The lowest BCUT2D eigenvalue weighted by molar-refractivity contribution is 0.622. The highest BCUT2D eigenvalue weighted by Gasteiger charge is 2.21. The number of para-hydroxylation sites is 1. The van der Waals surface area contributed by atoms with E-state index in [9.17, 15) is 0 Å². The van der Waals surface area contributed by atoms with Crippen molar-refractivity contribution >= 4 is 65.7 Å². The fourth-order valence-corrected chi connectivity index (χ4v) is 8.06. The lowest BCUT2D eigenvalue weighted by atomic mass is 10.0. The maximum absolute atomic E-state index is 6.51. The van der Waals surface area contributed by atoms with E-state index in [0.717, 1.165) is 93.5 Å². The number of oxazole rings is 1. The third kappa shape index (κ3) is 5.06. The van der Waals surface area contributed by atoms with Crippen LogP contribution in [0.15, 0.2) is 183 Å². The van der Waals surface area contributed by atoms with Gasteiger partial charge in [-0.2, -0.15) is 0 Å². The van der Waals surface area contributed by atoms with Crippen molar-refractivity contribution in [1.29, 1.82) is 0 Å². The molecular formula is C50H28N4O3. The third-order valence-corrected chi connectivity index (χ3v) is 10.8. The number of furan rings is 2. The van der Waals surface area contributed by atoms with Crippen molar-refractivity contribution in [3.63, 3.8) is 0 Å². The Morgan fingerprint density at radius 1 is 0.333 bits per heavy atom. The molecule has 7 heteroatoms. The van der Waals surface area contributed by atoms with Crippen LogP contribution in [0.25, 0.3) is 122 Å². The van der Waals surface area contributed by atoms with Gasteiger partial charge in [0, 0.05) is 38.4 Å². The molecule has 7 nitrogen and oxygen atoms in total. The predicted molar refractivity (Wildman–Crippen MR) is 227 cm³/mol. The highest BCUT2D eigenvalue weighted by atomic mass is 16.4. The Labute approximate surface area is 324 Å². The molecule has 0 amide bonds. The van der Waals surface area contributed by atoms with E-state index in [4.69, 9.17) is 33.2 Å². The maximum atomic E-state index is 6.51. The quantitative estimate of drug-likeness (QED) is 0.174. The van der Waals surface area contributed by atoms with Crippen LogP contribution in [0.5, 0.6) is 0 Å². The summed E-state index contributed by atoms with van der Waals surface area (Å²) in [6, 6.07) is 57.1. The van der Waals surface area contributed by atoms with Gasteiger partial charge in [-0.15, -0.1) is 0 Å². The van der Waals surface area contributed by atoms with Gasteiger partial charge in [-0.3, -0.25) is 0 Å². The van der Waals surface area contributed by atoms with Crippen LogP contribution in [0.4, 0.5) is 0 Å². The molecular weight excluding hydrogens is 705 g/mol. The van der Waals surface area contributed by atoms with E-state index in [2.05, 4.69) is 72.8 Å². The van der Waals surface area contributed by atoms with Gasteiger partial charge < -0.3 is 13.3 Å². The van der Waals surface area contributed by atoms with Crippen LogP contribution in [0.2, 0.25) is 0 Å². The summed E-state index contributed by atoms with van der Waals surface area (Å²) in [7, 11) is 0. The monoisotopic (exact) mass is 732 g/mol. The average molecular weight is 733 g/mol. The van der Waals surface area contributed by atoms with Gasteiger partial charge in [-0.05, 0) is 70.4 Å². The SMILES string of the molecule is c1ccc(-c2ccc(-c3nc(-c4ccc5ccc6oc7ccc8nc(-c9ccccc9)oc8c7c6c5c4)nc(-c4cccc5oc6ccccc6c45)n3)cc2)cc1. The van der Waals surface area contributed by atoms with Crippen LogP contribution < -0.4 is 0 Å². The number of fused-ring (bicyclic) bond motifs is 10. The van der Waals surface area contributed by atoms with Crippen molar-refractivity contribution < 1.29 is 13.3 Å². The molecule has 266 valence electrons. The fraction of sp³-hybridized carbons (Fsp3) is 0. The normalized spacial score (nSPS) is 11.9. The minimum Gasteiger partial charge on any atom is -0.456 e. The first-order valence-electron chi connectivity index (χ1n) is 18.8. The summed E-state index contributed by atoms with van der Waals surface area (Å²) in [6.45, 7) is 0. The average Bonchev–Trinajstić information content (AvgIpc) is 4.00. The summed E-state index contributed by atoms with van der Waals surface area (Å²) in [6.07, 6.45) is 0. The number of aromatic nitrogens is 4. The van der Waals surface area contributed by atoms with E-state index in [1.807, 2.05) is 97.1 Å². The lowest BCUT2D eigenvalue weighted by Gasteiger charge is -2.11. The number of benzene rings is 8. The molecule has 57 heavy (non-hydrogen) atoms. The first kappa shape index (κ1) is 31.5. The van der Waals surface area contributed by atoms with Crippen molar-refractivity contribution in [1.82, 2.24) is 19.9 Å².